The highest BCUT2D eigenvalue weighted by Gasteiger charge is 2.14. The van der Waals surface area contributed by atoms with Crippen LogP contribution >= 0.6 is 0 Å². The molecule has 0 aromatic carbocycles. The van der Waals surface area contributed by atoms with Crippen molar-refractivity contribution in [1.82, 2.24) is 14.8 Å². The molecule has 6 nitrogen and oxygen atoms in total. The first-order valence-corrected chi connectivity index (χ1v) is 7.39. The monoisotopic (exact) mass is 303 g/mol. The van der Waals surface area contributed by atoms with Gasteiger partial charge in [-0.25, -0.2) is 0 Å². The van der Waals surface area contributed by atoms with Crippen molar-refractivity contribution in [2.45, 2.75) is 20.3 Å². The molecule has 1 heterocycles. The van der Waals surface area contributed by atoms with Crippen LogP contribution in [0.3, 0.4) is 0 Å². The van der Waals surface area contributed by atoms with Crippen LogP contribution < -0.4 is 15.6 Å². The van der Waals surface area contributed by atoms with Gasteiger partial charge >= 0.3 is 0 Å². The number of fused-ring (bicyclic) bond motifs is 1. The van der Waals surface area contributed by atoms with Crippen molar-refractivity contribution >= 4 is 5.69 Å². The van der Waals surface area contributed by atoms with Crippen molar-refractivity contribution in [2.75, 3.05) is 32.5 Å². The smallest absolute Gasteiger partial charge is 0.224 e. The summed E-state index contributed by atoms with van der Waals surface area (Å²) in [6.45, 7) is 5.93. The standard InChI is InChI=1S/C16H23N4O2/c1-11-12(2)18-15-10-13(20(21)22)6-7-14(15)16(11)17-8-5-9-19(3)4/h6-7,10,17-18H,5,8-9H2,1-4H3/q-1. The first-order valence-electron chi connectivity index (χ1n) is 7.39. The van der Waals surface area contributed by atoms with Gasteiger partial charge in [0.1, 0.15) is 0 Å². The van der Waals surface area contributed by atoms with Crippen molar-refractivity contribution in [3.05, 3.63) is 45.2 Å². The molecule has 2 aliphatic rings. The number of hydrogen-bond donors (Lipinski definition) is 2. The molecule has 0 radical (unpaired) electrons. The van der Waals surface area contributed by atoms with E-state index in [4.69, 9.17) is 0 Å². The van der Waals surface area contributed by atoms with Crippen molar-refractivity contribution in [3.8, 4) is 11.3 Å². The van der Waals surface area contributed by atoms with Gasteiger partial charge in [-0.15, -0.1) is 0 Å². The van der Waals surface area contributed by atoms with Crippen LogP contribution in [0.4, 0.5) is 5.69 Å². The van der Waals surface area contributed by atoms with Crippen molar-refractivity contribution in [2.24, 2.45) is 0 Å². The summed E-state index contributed by atoms with van der Waals surface area (Å²) in [5.74, 6) is 0. The second kappa shape index (κ2) is 6.70. The fourth-order valence-electron chi connectivity index (χ4n) is 2.49. The maximum absolute atomic E-state index is 10.9. The zero-order valence-corrected chi connectivity index (χ0v) is 13.6. The molecule has 0 atom stereocenters. The lowest BCUT2D eigenvalue weighted by Gasteiger charge is -2.19. The van der Waals surface area contributed by atoms with Crippen LogP contribution in [-0.4, -0.2) is 37.1 Å². The van der Waals surface area contributed by atoms with Crippen LogP contribution in [-0.2, 0) is 0 Å². The second-order valence-corrected chi connectivity index (χ2v) is 5.82. The lowest BCUT2D eigenvalue weighted by Crippen LogP contribution is -2.20. The number of nitrogens with zero attached hydrogens (tertiary/aromatic N) is 2. The third kappa shape index (κ3) is 3.51. The summed E-state index contributed by atoms with van der Waals surface area (Å²) in [4.78, 5) is 5.03. The molecule has 0 saturated carbocycles. The summed E-state index contributed by atoms with van der Waals surface area (Å²) in [6, 6.07) is 4.95. The van der Waals surface area contributed by atoms with E-state index < -0.39 is 0 Å². The van der Waals surface area contributed by atoms with E-state index in [9.17, 15) is 10.4 Å². The predicted octanol–water partition coefficient (Wildman–Crippen LogP) is 1.87. The Balaban J connectivity index is 2.36. The molecule has 0 unspecified atom stereocenters. The van der Waals surface area contributed by atoms with Gasteiger partial charge in [0.05, 0.1) is 5.69 Å². The van der Waals surface area contributed by atoms with E-state index in [-0.39, 0.29) is 10.3 Å². The first-order chi connectivity index (χ1) is 10.4. The van der Waals surface area contributed by atoms with Gasteiger partial charge in [0.2, 0.25) is 5.36 Å². The Labute approximate surface area is 130 Å². The van der Waals surface area contributed by atoms with Crippen LogP contribution in [0.1, 0.15) is 17.7 Å². The number of anilines is 1. The molecule has 0 saturated heterocycles. The first kappa shape index (κ1) is 16.2. The normalized spacial score (nSPS) is 11.1. The summed E-state index contributed by atoms with van der Waals surface area (Å²) in [7, 11) is 4.11. The molecule has 22 heavy (non-hydrogen) atoms. The fourth-order valence-corrected chi connectivity index (χ4v) is 2.49. The predicted molar refractivity (Wildman–Crippen MR) is 90.6 cm³/mol. The topological polar surface area (TPSA) is 80.2 Å². The Morgan fingerprint density at radius 3 is 2.59 bits per heavy atom. The van der Waals surface area contributed by atoms with Gasteiger partial charge in [0.15, 0.2) is 0 Å². The number of hydrogen-bond acceptors (Lipinski definition) is 4. The molecular formula is C16H23N4O2-. The van der Waals surface area contributed by atoms with Gasteiger partial charge in [-0.2, -0.15) is 4.90 Å². The molecule has 0 aromatic heterocycles. The SMILES string of the molecule is Cc1[nH]c2cc(=[N+]([O-])[O-])ccc-2c(NCCCN(C)C)c1C. The fraction of sp³-hybridized carbons (Fsp3) is 0.438. The number of aromatic amines is 1. The second-order valence-electron chi connectivity index (χ2n) is 5.82. The Morgan fingerprint density at radius 1 is 1.23 bits per heavy atom. The van der Waals surface area contributed by atoms with E-state index in [0.29, 0.717) is 0 Å². The average molecular weight is 303 g/mol. The molecule has 0 aromatic rings. The highest BCUT2D eigenvalue weighted by atomic mass is 16.8. The molecule has 1 aliphatic carbocycles. The zero-order chi connectivity index (χ0) is 16.3. The van der Waals surface area contributed by atoms with E-state index in [1.807, 2.05) is 13.0 Å². The van der Waals surface area contributed by atoms with E-state index in [1.165, 1.54) is 0 Å². The zero-order valence-electron chi connectivity index (χ0n) is 13.6. The Morgan fingerprint density at radius 2 is 1.95 bits per heavy atom. The van der Waals surface area contributed by atoms with E-state index >= 15 is 0 Å². The average Bonchev–Trinajstić information content (AvgIpc) is 2.46. The summed E-state index contributed by atoms with van der Waals surface area (Å²) in [5.41, 5.74) is 4.99. The molecule has 2 N–H and O–H groups in total. The number of aryl methyl sites for hydroxylation is 1. The van der Waals surface area contributed by atoms with Crippen molar-refractivity contribution in [1.29, 1.82) is 0 Å². The number of pyridine rings is 1. The van der Waals surface area contributed by atoms with E-state index in [1.54, 1.807) is 12.1 Å². The van der Waals surface area contributed by atoms with Gasteiger partial charge in [-0.05, 0) is 52.5 Å². The minimum atomic E-state index is -0.368. The Bertz CT molecular complexity index is 687. The molecule has 0 bridgehead atoms. The molecule has 1 aliphatic heterocycles. The van der Waals surface area contributed by atoms with E-state index in [0.717, 1.165) is 47.7 Å². The van der Waals surface area contributed by atoms with Crippen LogP contribution in [0.5, 0.6) is 0 Å². The number of H-pyrrole nitrogens is 1. The molecular weight excluding hydrogens is 280 g/mol. The van der Waals surface area contributed by atoms with Gasteiger partial charge in [-0.1, -0.05) is 0 Å². The summed E-state index contributed by atoms with van der Waals surface area (Å²) in [5, 5.41) is 25.4. The summed E-state index contributed by atoms with van der Waals surface area (Å²) < 4.78 is 0. The molecule has 120 valence electrons. The number of nitrogens with one attached hydrogen (secondary N) is 2. The van der Waals surface area contributed by atoms with Crippen LogP contribution in [0.25, 0.3) is 11.3 Å². The molecule has 6 heteroatoms. The summed E-state index contributed by atoms with van der Waals surface area (Å²) in [6.07, 6.45) is 1.04. The van der Waals surface area contributed by atoms with Crippen LogP contribution in [0, 0.1) is 24.3 Å². The highest BCUT2D eigenvalue weighted by Crippen LogP contribution is 2.31. The van der Waals surface area contributed by atoms with Crippen LogP contribution in [0.2, 0.25) is 0 Å². The Kier molecular flexibility index (Phi) is 4.92. The third-order valence-electron chi connectivity index (χ3n) is 3.83. The van der Waals surface area contributed by atoms with Gasteiger partial charge in [0, 0.05) is 35.6 Å². The molecule has 2 rings (SSSR count). The van der Waals surface area contributed by atoms with Crippen molar-refractivity contribution < 1.29 is 0 Å². The van der Waals surface area contributed by atoms with Gasteiger partial charge in [-0.3, -0.25) is 0 Å². The largest absolute Gasteiger partial charge is 0.612 e. The van der Waals surface area contributed by atoms with Crippen LogP contribution in [0.15, 0.2) is 18.2 Å². The minimum Gasteiger partial charge on any atom is -0.612 e. The van der Waals surface area contributed by atoms with Gasteiger partial charge < -0.3 is 25.6 Å². The highest BCUT2D eigenvalue weighted by molar-refractivity contribution is 5.79. The van der Waals surface area contributed by atoms with Crippen molar-refractivity contribution in [3.63, 3.8) is 0 Å². The Hall–Kier alpha value is -2.21. The number of rotatable bonds is 5. The molecule has 0 amide bonds. The lowest BCUT2D eigenvalue weighted by molar-refractivity contribution is 0.405. The summed E-state index contributed by atoms with van der Waals surface area (Å²) >= 11 is 0. The maximum atomic E-state index is 10.9. The maximum Gasteiger partial charge on any atom is 0.224 e. The molecule has 0 spiro atoms. The lowest BCUT2D eigenvalue weighted by atomic mass is 10.0. The number of benzene rings is 1. The van der Waals surface area contributed by atoms with Gasteiger partial charge in [0.25, 0.3) is 0 Å². The minimum absolute atomic E-state index is 0.102. The van der Waals surface area contributed by atoms with E-state index in [2.05, 4.69) is 36.2 Å². The quantitative estimate of drug-likeness (QED) is 0.653. The number of aromatic nitrogens is 1. The third-order valence-corrected chi connectivity index (χ3v) is 3.83. The molecule has 0 fully saturated rings.